The third-order valence-electron chi connectivity index (χ3n) is 5.22. The Kier molecular flexibility index (Phi) is 6.24. The number of ether oxygens (including phenoxy) is 1. The van der Waals surface area contributed by atoms with E-state index < -0.39 is 29.9 Å². The molecule has 0 aliphatic heterocycles. The number of nitrogens with zero attached hydrogens (tertiary/aromatic N) is 1. The molecule has 1 aromatic carbocycles. The number of aryl methyl sites for hydroxylation is 1. The van der Waals surface area contributed by atoms with Crippen molar-refractivity contribution >= 4 is 40.3 Å². The summed E-state index contributed by atoms with van der Waals surface area (Å²) in [6.07, 6.45) is -0.113. The average Bonchev–Trinajstić information content (AvgIpc) is 3.33. The maximum Gasteiger partial charge on any atom is 0.309 e. The summed E-state index contributed by atoms with van der Waals surface area (Å²) in [5.41, 5.74) is 0.965. The quantitative estimate of drug-likeness (QED) is 0.366. The van der Waals surface area contributed by atoms with Crippen LogP contribution < -0.4 is 0 Å². The summed E-state index contributed by atoms with van der Waals surface area (Å²) in [6, 6.07) is 5.08. The molecule has 7 nitrogen and oxygen atoms in total. The van der Waals surface area contributed by atoms with Crippen molar-refractivity contribution in [2.75, 3.05) is 27.7 Å². The second kappa shape index (κ2) is 8.40. The standard InChI is InChI=1S/C22H26ClNO6/c1-12-7-14-8-13(9-18(23)21(14)29-12)20(27)16-11-17(16)22(28)30-15(10-19(25)26)5-6-24(2,3)4/h7-9,15-17H,5-6,10-11H2,1-4H3/p+1. The molecule has 1 aliphatic carbocycles. The van der Waals surface area contributed by atoms with Crippen molar-refractivity contribution in [3.8, 4) is 0 Å². The zero-order valence-corrected chi connectivity index (χ0v) is 18.4. The summed E-state index contributed by atoms with van der Waals surface area (Å²) in [6.45, 7) is 2.47. The zero-order valence-electron chi connectivity index (χ0n) is 17.6. The van der Waals surface area contributed by atoms with E-state index in [1.165, 1.54) is 0 Å². The largest absolute Gasteiger partial charge is 0.481 e. The third kappa shape index (κ3) is 5.40. The molecule has 0 saturated heterocycles. The van der Waals surface area contributed by atoms with Crippen LogP contribution >= 0.6 is 11.6 Å². The number of carboxylic acids is 1. The summed E-state index contributed by atoms with van der Waals surface area (Å²) in [7, 11) is 5.95. The van der Waals surface area contributed by atoms with Gasteiger partial charge in [0.25, 0.3) is 0 Å². The molecule has 2 aromatic rings. The highest BCUT2D eigenvalue weighted by Crippen LogP contribution is 2.43. The SMILES string of the molecule is Cc1cc2cc(C(=O)C3CC3C(=O)OC(CC[N+](C)(C)C)CC(=O)O)cc(Cl)c2o1. The summed E-state index contributed by atoms with van der Waals surface area (Å²) in [4.78, 5) is 36.5. The number of hydrogen-bond donors (Lipinski definition) is 1. The minimum absolute atomic E-state index is 0.166. The van der Waals surface area contributed by atoms with Crippen molar-refractivity contribution in [2.24, 2.45) is 11.8 Å². The Hall–Kier alpha value is -2.38. The van der Waals surface area contributed by atoms with Gasteiger partial charge in [-0.15, -0.1) is 0 Å². The molecule has 162 valence electrons. The lowest BCUT2D eigenvalue weighted by molar-refractivity contribution is -0.870. The van der Waals surface area contributed by atoms with Crippen LogP contribution in [0.25, 0.3) is 11.0 Å². The van der Waals surface area contributed by atoms with Gasteiger partial charge in [0.2, 0.25) is 0 Å². The van der Waals surface area contributed by atoms with Crippen molar-refractivity contribution in [3.05, 3.63) is 34.5 Å². The number of hydrogen-bond acceptors (Lipinski definition) is 5. The molecule has 30 heavy (non-hydrogen) atoms. The van der Waals surface area contributed by atoms with Gasteiger partial charge < -0.3 is 18.7 Å². The molecule has 1 saturated carbocycles. The zero-order chi connectivity index (χ0) is 22.2. The first kappa shape index (κ1) is 22.3. The molecule has 1 fully saturated rings. The highest BCUT2D eigenvalue weighted by Gasteiger charge is 2.50. The van der Waals surface area contributed by atoms with Gasteiger partial charge in [0.15, 0.2) is 11.4 Å². The van der Waals surface area contributed by atoms with Gasteiger partial charge in [-0.2, -0.15) is 0 Å². The lowest BCUT2D eigenvalue weighted by Gasteiger charge is -2.26. The fourth-order valence-corrected chi connectivity index (χ4v) is 3.79. The Bertz CT molecular complexity index is 989. The number of Topliss-reactive ketones (excluding diaryl/α,β-unsaturated/α-hetero) is 1. The van der Waals surface area contributed by atoms with Crippen LogP contribution in [0.15, 0.2) is 22.6 Å². The number of carbonyl (C=O) groups excluding carboxylic acids is 2. The number of quaternary nitrogens is 1. The molecular formula is C22H27ClNO6+. The van der Waals surface area contributed by atoms with Gasteiger partial charge in [0, 0.05) is 23.3 Å². The van der Waals surface area contributed by atoms with E-state index in [1.807, 2.05) is 21.1 Å². The fourth-order valence-electron chi connectivity index (χ4n) is 3.52. The molecule has 0 spiro atoms. The van der Waals surface area contributed by atoms with Crippen LogP contribution in [-0.2, 0) is 14.3 Å². The van der Waals surface area contributed by atoms with E-state index in [1.54, 1.807) is 25.1 Å². The number of furan rings is 1. The van der Waals surface area contributed by atoms with Crippen LogP contribution in [-0.4, -0.2) is 61.1 Å². The molecule has 1 aliphatic rings. The first-order chi connectivity index (χ1) is 13.9. The summed E-state index contributed by atoms with van der Waals surface area (Å²) in [5.74, 6) is -2.01. The summed E-state index contributed by atoms with van der Waals surface area (Å²) < 4.78 is 11.6. The van der Waals surface area contributed by atoms with Crippen LogP contribution in [0.2, 0.25) is 5.02 Å². The molecule has 8 heteroatoms. The van der Waals surface area contributed by atoms with Crippen molar-refractivity contribution in [2.45, 2.75) is 32.3 Å². The Morgan fingerprint density at radius 3 is 2.57 bits per heavy atom. The molecular weight excluding hydrogens is 410 g/mol. The van der Waals surface area contributed by atoms with Gasteiger partial charge in [-0.3, -0.25) is 14.4 Å². The van der Waals surface area contributed by atoms with E-state index in [0.29, 0.717) is 45.8 Å². The molecule has 3 unspecified atom stereocenters. The van der Waals surface area contributed by atoms with Crippen molar-refractivity contribution < 1.29 is 33.1 Å². The minimum Gasteiger partial charge on any atom is -0.481 e. The predicted molar refractivity (Wildman–Crippen MR) is 112 cm³/mol. The molecule has 1 N–H and O–H groups in total. The number of ketones is 1. The second-order valence-corrected chi connectivity index (χ2v) is 9.41. The normalized spacial score (nSPS) is 19.5. The van der Waals surface area contributed by atoms with E-state index in [9.17, 15) is 14.4 Å². The third-order valence-corrected chi connectivity index (χ3v) is 5.50. The van der Waals surface area contributed by atoms with Crippen LogP contribution in [0.4, 0.5) is 0 Å². The van der Waals surface area contributed by atoms with Crippen LogP contribution in [0.3, 0.4) is 0 Å². The van der Waals surface area contributed by atoms with Gasteiger partial charge in [-0.05, 0) is 31.5 Å². The number of fused-ring (bicyclic) bond motifs is 1. The Balaban J connectivity index is 1.65. The van der Waals surface area contributed by atoms with E-state index in [2.05, 4.69) is 0 Å². The summed E-state index contributed by atoms with van der Waals surface area (Å²) in [5, 5.41) is 10.2. The Morgan fingerprint density at radius 1 is 1.23 bits per heavy atom. The molecule has 0 radical (unpaired) electrons. The van der Waals surface area contributed by atoms with Gasteiger partial charge in [-0.1, -0.05) is 11.6 Å². The van der Waals surface area contributed by atoms with Crippen LogP contribution in [0, 0.1) is 18.8 Å². The first-order valence-corrected chi connectivity index (χ1v) is 10.3. The van der Waals surface area contributed by atoms with Crippen molar-refractivity contribution in [1.29, 1.82) is 0 Å². The highest BCUT2D eigenvalue weighted by atomic mass is 35.5. The lowest BCUT2D eigenvalue weighted by Crippen LogP contribution is -2.38. The number of halogens is 1. The van der Waals surface area contributed by atoms with Gasteiger partial charge in [0.1, 0.15) is 11.9 Å². The van der Waals surface area contributed by atoms with Gasteiger partial charge in [0.05, 0.1) is 45.0 Å². The molecule has 0 bridgehead atoms. The smallest absolute Gasteiger partial charge is 0.309 e. The topological polar surface area (TPSA) is 93.8 Å². The number of esters is 1. The van der Waals surface area contributed by atoms with Crippen molar-refractivity contribution in [1.82, 2.24) is 0 Å². The molecule has 1 aromatic heterocycles. The van der Waals surface area contributed by atoms with Crippen LogP contribution in [0.1, 0.15) is 35.4 Å². The highest BCUT2D eigenvalue weighted by molar-refractivity contribution is 6.35. The molecule has 3 atom stereocenters. The number of rotatable bonds is 9. The second-order valence-electron chi connectivity index (χ2n) is 9.01. The molecule has 1 heterocycles. The Morgan fingerprint density at radius 2 is 1.93 bits per heavy atom. The molecule has 3 rings (SSSR count). The number of benzene rings is 1. The average molecular weight is 437 g/mol. The maximum atomic E-state index is 12.9. The minimum atomic E-state index is -1.02. The van der Waals surface area contributed by atoms with E-state index >= 15 is 0 Å². The first-order valence-electron chi connectivity index (χ1n) is 9.91. The fraction of sp³-hybridized carbons (Fsp3) is 0.500. The number of carboxylic acid groups (broad SMARTS) is 1. The number of carbonyl (C=O) groups is 3. The van der Waals surface area contributed by atoms with Gasteiger partial charge >= 0.3 is 11.9 Å². The predicted octanol–water partition coefficient (Wildman–Crippen LogP) is 3.70. The monoisotopic (exact) mass is 436 g/mol. The van der Waals surface area contributed by atoms with Gasteiger partial charge in [-0.25, -0.2) is 0 Å². The van der Waals surface area contributed by atoms with Crippen molar-refractivity contribution in [3.63, 3.8) is 0 Å². The summed E-state index contributed by atoms with van der Waals surface area (Å²) >= 11 is 6.24. The molecule has 0 amide bonds. The van der Waals surface area contributed by atoms with E-state index in [4.69, 9.17) is 25.9 Å². The number of aliphatic carboxylic acids is 1. The maximum absolute atomic E-state index is 12.9. The van der Waals surface area contributed by atoms with E-state index in [-0.39, 0.29) is 12.2 Å². The lowest BCUT2D eigenvalue weighted by atomic mass is 10.0. The Labute approximate surface area is 180 Å². The van der Waals surface area contributed by atoms with Crippen LogP contribution in [0.5, 0.6) is 0 Å². The van der Waals surface area contributed by atoms with E-state index in [0.717, 1.165) is 5.39 Å².